The quantitative estimate of drug-likeness (QED) is 0.886. The average Bonchev–Trinajstić information content (AvgIpc) is 3.15. The van der Waals surface area contributed by atoms with Gasteiger partial charge in [-0.25, -0.2) is 17.5 Å². The molecule has 2 aliphatic rings. The van der Waals surface area contributed by atoms with Crippen LogP contribution in [0.15, 0.2) is 29.2 Å². The first-order valence-electron chi connectivity index (χ1n) is 8.05. The molecule has 1 saturated heterocycles. The summed E-state index contributed by atoms with van der Waals surface area (Å²) in [6, 6.07) is 5.49. The maximum atomic E-state index is 13.8. The van der Waals surface area contributed by atoms with E-state index in [0.29, 0.717) is 0 Å². The van der Waals surface area contributed by atoms with Crippen molar-refractivity contribution in [2.24, 2.45) is 0 Å². The third-order valence-corrected chi connectivity index (χ3v) is 6.41. The van der Waals surface area contributed by atoms with Gasteiger partial charge in [-0.1, -0.05) is 18.6 Å². The van der Waals surface area contributed by atoms with Crippen molar-refractivity contribution in [1.29, 1.82) is 0 Å². The Morgan fingerprint density at radius 2 is 2.04 bits per heavy atom. The summed E-state index contributed by atoms with van der Waals surface area (Å²) in [5, 5.41) is 0. The van der Waals surface area contributed by atoms with Gasteiger partial charge in [0.2, 0.25) is 10.0 Å². The number of ether oxygens (including phenoxy) is 1. The van der Waals surface area contributed by atoms with Crippen LogP contribution >= 0.6 is 0 Å². The Hall–Kier alpha value is -1.02. The molecule has 1 unspecified atom stereocenters. The number of nitrogens with zero attached hydrogens (tertiary/aromatic N) is 1. The van der Waals surface area contributed by atoms with Gasteiger partial charge in [-0.2, -0.15) is 0 Å². The van der Waals surface area contributed by atoms with Crippen molar-refractivity contribution in [2.45, 2.75) is 48.8 Å². The first kappa shape index (κ1) is 16.8. The molecule has 3 atom stereocenters. The summed E-state index contributed by atoms with van der Waals surface area (Å²) in [5.74, 6) is -0.713. The zero-order valence-corrected chi connectivity index (χ0v) is 14.1. The Balaban J connectivity index is 1.73. The molecule has 23 heavy (non-hydrogen) atoms. The van der Waals surface area contributed by atoms with Gasteiger partial charge < -0.3 is 4.74 Å². The van der Waals surface area contributed by atoms with Crippen molar-refractivity contribution < 1.29 is 17.5 Å². The van der Waals surface area contributed by atoms with Gasteiger partial charge in [0.1, 0.15) is 10.7 Å². The molecule has 1 heterocycles. The van der Waals surface area contributed by atoms with E-state index in [9.17, 15) is 12.8 Å². The Labute approximate surface area is 136 Å². The van der Waals surface area contributed by atoms with E-state index in [2.05, 4.69) is 9.62 Å². The van der Waals surface area contributed by atoms with Gasteiger partial charge in [0.05, 0.1) is 6.10 Å². The summed E-state index contributed by atoms with van der Waals surface area (Å²) >= 11 is 0. The summed E-state index contributed by atoms with van der Waals surface area (Å²) in [6.45, 7) is 1.75. The Morgan fingerprint density at radius 3 is 2.74 bits per heavy atom. The van der Waals surface area contributed by atoms with Gasteiger partial charge in [-0.05, 0) is 31.4 Å². The van der Waals surface area contributed by atoms with Crippen LogP contribution in [-0.4, -0.2) is 51.7 Å². The Bertz CT molecular complexity index is 652. The van der Waals surface area contributed by atoms with Crippen molar-refractivity contribution in [2.75, 3.05) is 20.2 Å². The standard InChI is InChI=1S/C16H23FN2O3S/c1-22-12-9-10-19(11-12)15-7-4-6-14(15)18-23(20,21)16-8-3-2-5-13(16)17/h2-3,5,8,12,14-15,18H,4,6-7,9-11H2,1H3/t12?,14-,15+/m1/s1. The highest BCUT2D eigenvalue weighted by atomic mass is 32.2. The molecule has 0 aromatic heterocycles. The highest BCUT2D eigenvalue weighted by Crippen LogP contribution is 2.29. The molecule has 1 N–H and O–H groups in total. The van der Waals surface area contributed by atoms with Crippen LogP contribution in [0, 0.1) is 5.82 Å². The minimum atomic E-state index is -3.84. The number of hydrogen-bond donors (Lipinski definition) is 1. The van der Waals surface area contributed by atoms with E-state index in [1.165, 1.54) is 24.3 Å². The smallest absolute Gasteiger partial charge is 0.243 e. The predicted molar refractivity (Wildman–Crippen MR) is 85.1 cm³/mol. The summed E-state index contributed by atoms with van der Waals surface area (Å²) in [7, 11) is -2.13. The van der Waals surface area contributed by atoms with Gasteiger partial charge in [0, 0.05) is 32.3 Å². The lowest BCUT2D eigenvalue weighted by atomic mass is 10.1. The van der Waals surface area contributed by atoms with Crippen LogP contribution in [0.3, 0.4) is 0 Å². The molecule has 0 spiro atoms. The highest BCUT2D eigenvalue weighted by molar-refractivity contribution is 7.89. The summed E-state index contributed by atoms with van der Waals surface area (Å²) in [5.41, 5.74) is 0. The van der Waals surface area contributed by atoms with Crippen LogP contribution in [0.25, 0.3) is 0 Å². The van der Waals surface area contributed by atoms with Crippen molar-refractivity contribution in [1.82, 2.24) is 9.62 Å². The number of methoxy groups -OCH3 is 1. The maximum absolute atomic E-state index is 13.8. The molecule has 0 bridgehead atoms. The molecular weight excluding hydrogens is 319 g/mol. The molecule has 1 aliphatic carbocycles. The van der Waals surface area contributed by atoms with E-state index >= 15 is 0 Å². The Kier molecular flexibility index (Phi) is 5.01. The number of likely N-dealkylation sites (tertiary alicyclic amines) is 1. The van der Waals surface area contributed by atoms with E-state index < -0.39 is 15.8 Å². The molecular formula is C16H23FN2O3S. The van der Waals surface area contributed by atoms with Gasteiger partial charge in [-0.3, -0.25) is 4.90 Å². The zero-order chi connectivity index (χ0) is 16.4. The summed E-state index contributed by atoms with van der Waals surface area (Å²) in [6.07, 6.45) is 3.91. The highest BCUT2D eigenvalue weighted by Gasteiger charge is 2.38. The fourth-order valence-corrected chi connectivity index (χ4v) is 5.07. The molecule has 128 valence electrons. The summed E-state index contributed by atoms with van der Waals surface area (Å²) in [4.78, 5) is 2.03. The summed E-state index contributed by atoms with van der Waals surface area (Å²) < 4.78 is 46.9. The van der Waals surface area contributed by atoms with Gasteiger partial charge >= 0.3 is 0 Å². The molecule has 1 aliphatic heterocycles. The molecule has 0 amide bonds. The first-order valence-corrected chi connectivity index (χ1v) is 9.53. The lowest BCUT2D eigenvalue weighted by Crippen LogP contribution is -2.48. The topological polar surface area (TPSA) is 58.6 Å². The van der Waals surface area contributed by atoms with E-state index in [4.69, 9.17) is 4.74 Å². The van der Waals surface area contributed by atoms with E-state index in [0.717, 1.165) is 38.8 Å². The van der Waals surface area contributed by atoms with Crippen LogP contribution in [0.1, 0.15) is 25.7 Å². The molecule has 1 saturated carbocycles. The number of hydrogen-bond acceptors (Lipinski definition) is 4. The van der Waals surface area contributed by atoms with Crippen LogP contribution < -0.4 is 4.72 Å². The molecule has 3 rings (SSSR count). The van der Waals surface area contributed by atoms with Crippen LogP contribution in [0.2, 0.25) is 0 Å². The van der Waals surface area contributed by atoms with E-state index in [1.807, 2.05) is 0 Å². The van der Waals surface area contributed by atoms with Crippen LogP contribution in [0.4, 0.5) is 4.39 Å². The molecule has 2 fully saturated rings. The SMILES string of the molecule is COC1CCN([C@H]2CCC[C@H]2NS(=O)(=O)c2ccccc2F)C1. The van der Waals surface area contributed by atoms with Gasteiger partial charge in [-0.15, -0.1) is 0 Å². The fraction of sp³-hybridized carbons (Fsp3) is 0.625. The monoisotopic (exact) mass is 342 g/mol. The first-order chi connectivity index (χ1) is 11.0. The van der Waals surface area contributed by atoms with Crippen LogP contribution in [-0.2, 0) is 14.8 Å². The number of sulfonamides is 1. The largest absolute Gasteiger partial charge is 0.380 e. The van der Waals surface area contributed by atoms with Crippen molar-refractivity contribution >= 4 is 10.0 Å². The third-order valence-electron chi connectivity index (χ3n) is 4.89. The second kappa shape index (κ2) is 6.84. The van der Waals surface area contributed by atoms with Gasteiger partial charge in [0.15, 0.2) is 0 Å². The maximum Gasteiger partial charge on any atom is 0.243 e. The predicted octanol–water partition coefficient (Wildman–Crippen LogP) is 1.75. The van der Waals surface area contributed by atoms with Crippen LogP contribution in [0.5, 0.6) is 0 Å². The number of benzene rings is 1. The second-order valence-electron chi connectivity index (χ2n) is 6.30. The number of rotatable bonds is 5. The minimum absolute atomic E-state index is 0.164. The average molecular weight is 342 g/mol. The fourth-order valence-electron chi connectivity index (χ4n) is 3.69. The Morgan fingerprint density at radius 1 is 1.26 bits per heavy atom. The van der Waals surface area contributed by atoms with Crippen molar-refractivity contribution in [3.05, 3.63) is 30.1 Å². The molecule has 7 heteroatoms. The molecule has 1 aromatic carbocycles. The van der Waals surface area contributed by atoms with E-state index in [-0.39, 0.29) is 23.1 Å². The lowest BCUT2D eigenvalue weighted by Gasteiger charge is -2.29. The normalized spacial score (nSPS) is 29.2. The van der Waals surface area contributed by atoms with E-state index in [1.54, 1.807) is 7.11 Å². The lowest BCUT2D eigenvalue weighted by molar-refractivity contribution is 0.0991. The second-order valence-corrected chi connectivity index (χ2v) is 7.98. The molecule has 1 aromatic rings. The number of halogens is 1. The third kappa shape index (κ3) is 3.57. The van der Waals surface area contributed by atoms with Crippen molar-refractivity contribution in [3.63, 3.8) is 0 Å². The van der Waals surface area contributed by atoms with Crippen molar-refractivity contribution in [3.8, 4) is 0 Å². The molecule has 0 radical (unpaired) electrons. The van der Waals surface area contributed by atoms with Gasteiger partial charge in [0.25, 0.3) is 0 Å². The zero-order valence-electron chi connectivity index (χ0n) is 13.2. The minimum Gasteiger partial charge on any atom is -0.380 e. The molecule has 5 nitrogen and oxygen atoms in total. The number of nitrogens with one attached hydrogen (secondary N) is 1.